The maximum absolute atomic E-state index is 11.4. The van der Waals surface area contributed by atoms with Crippen LogP contribution in [0.5, 0.6) is 0 Å². The fraction of sp³-hybridized carbons (Fsp3) is 0.875. The van der Waals surface area contributed by atoms with Crippen LogP contribution in [0.1, 0.15) is 6.42 Å². The fourth-order valence-corrected chi connectivity index (χ4v) is 1.67. The Kier molecular flexibility index (Phi) is 4.46. The molecule has 0 spiro atoms. The zero-order valence-electron chi connectivity index (χ0n) is 7.51. The Morgan fingerprint density at radius 3 is 3.25 bits per heavy atom. The molecule has 0 radical (unpaired) electrons. The van der Waals surface area contributed by atoms with E-state index in [-0.39, 0.29) is 5.91 Å². The van der Waals surface area contributed by atoms with Crippen molar-refractivity contribution in [3.63, 3.8) is 0 Å². The Bertz CT molecular complexity index is 152. The Morgan fingerprint density at radius 2 is 2.50 bits per heavy atom. The zero-order valence-corrected chi connectivity index (χ0v) is 8.32. The third kappa shape index (κ3) is 3.03. The minimum atomic E-state index is 0.251. The number of hydrogen-bond donors (Lipinski definition) is 1. The van der Waals surface area contributed by atoms with E-state index < -0.39 is 0 Å². The SMILES string of the molecule is CSCCN1CCCNCC1=O. The molecule has 0 unspecified atom stereocenters. The average molecular weight is 188 g/mol. The predicted octanol–water partition coefficient (Wildman–Crippen LogP) is 0.171. The number of carbonyl (C=O) groups is 1. The second kappa shape index (κ2) is 5.43. The summed E-state index contributed by atoms with van der Waals surface area (Å²) < 4.78 is 0. The van der Waals surface area contributed by atoms with Gasteiger partial charge in [-0.3, -0.25) is 4.79 Å². The number of amides is 1. The van der Waals surface area contributed by atoms with Gasteiger partial charge in [-0.2, -0.15) is 11.8 Å². The molecule has 0 aromatic rings. The van der Waals surface area contributed by atoms with Gasteiger partial charge in [-0.05, 0) is 19.2 Å². The van der Waals surface area contributed by atoms with E-state index in [1.54, 1.807) is 11.8 Å². The quantitative estimate of drug-likeness (QED) is 0.685. The molecule has 1 fully saturated rings. The number of rotatable bonds is 3. The smallest absolute Gasteiger partial charge is 0.236 e. The summed E-state index contributed by atoms with van der Waals surface area (Å²) in [6, 6.07) is 0. The van der Waals surface area contributed by atoms with Crippen molar-refractivity contribution < 1.29 is 4.79 Å². The summed E-state index contributed by atoms with van der Waals surface area (Å²) in [6.07, 6.45) is 3.15. The highest BCUT2D eigenvalue weighted by atomic mass is 32.2. The Labute approximate surface area is 77.9 Å². The highest BCUT2D eigenvalue weighted by Gasteiger charge is 2.14. The van der Waals surface area contributed by atoms with E-state index in [4.69, 9.17) is 0 Å². The monoisotopic (exact) mass is 188 g/mol. The van der Waals surface area contributed by atoms with Crippen LogP contribution >= 0.6 is 11.8 Å². The van der Waals surface area contributed by atoms with Crippen LogP contribution in [0.2, 0.25) is 0 Å². The molecule has 0 atom stereocenters. The third-order valence-electron chi connectivity index (χ3n) is 1.98. The van der Waals surface area contributed by atoms with Crippen molar-refractivity contribution in [2.24, 2.45) is 0 Å². The topological polar surface area (TPSA) is 32.3 Å². The van der Waals surface area contributed by atoms with Gasteiger partial charge in [0.15, 0.2) is 0 Å². The van der Waals surface area contributed by atoms with E-state index in [0.29, 0.717) is 6.54 Å². The molecule has 0 bridgehead atoms. The van der Waals surface area contributed by atoms with Crippen LogP contribution in [-0.2, 0) is 4.79 Å². The Balaban J connectivity index is 2.31. The molecule has 0 aromatic heterocycles. The van der Waals surface area contributed by atoms with E-state index in [2.05, 4.69) is 11.6 Å². The predicted molar refractivity (Wildman–Crippen MR) is 52.4 cm³/mol. The zero-order chi connectivity index (χ0) is 8.81. The summed E-state index contributed by atoms with van der Waals surface area (Å²) in [6.45, 7) is 3.32. The molecule has 1 aliphatic rings. The van der Waals surface area contributed by atoms with Gasteiger partial charge < -0.3 is 10.2 Å². The van der Waals surface area contributed by atoms with E-state index in [1.165, 1.54) is 0 Å². The second-order valence-electron chi connectivity index (χ2n) is 2.90. The summed E-state index contributed by atoms with van der Waals surface area (Å²) >= 11 is 1.79. The lowest BCUT2D eigenvalue weighted by Gasteiger charge is -2.19. The van der Waals surface area contributed by atoms with Crippen LogP contribution in [0, 0.1) is 0 Å². The highest BCUT2D eigenvalue weighted by Crippen LogP contribution is 1.99. The highest BCUT2D eigenvalue weighted by molar-refractivity contribution is 7.98. The van der Waals surface area contributed by atoms with Crippen LogP contribution in [0.15, 0.2) is 0 Å². The standard InChI is InChI=1S/C8H16N2OS/c1-12-6-5-10-4-2-3-9-7-8(10)11/h9H,2-7H2,1H3. The minimum absolute atomic E-state index is 0.251. The van der Waals surface area contributed by atoms with Crippen LogP contribution < -0.4 is 5.32 Å². The maximum atomic E-state index is 11.4. The molecule has 1 aliphatic heterocycles. The first-order valence-corrected chi connectivity index (χ1v) is 5.71. The molecule has 1 rings (SSSR count). The van der Waals surface area contributed by atoms with Crippen LogP contribution in [0.3, 0.4) is 0 Å². The van der Waals surface area contributed by atoms with Crippen molar-refractivity contribution in [2.75, 3.05) is 38.2 Å². The van der Waals surface area contributed by atoms with Gasteiger partial charge >= 0.3 is 0 Å². The normalized spacial score (nSPS) is 19.4. The van der Waals surface area contributed by atoms with Gasteiger partial charge in [-0.25, -0.2) is 0 Å². The fourth-order valence-electron chi connectivity index (χ4n) is 1.26. The molecule has 0 saturated carbocycles. The second-order valence-corrected chi connectivity index (χ2v) is 3.89. The van der Waals surface area contributed by atoms with Gasteiger partial charge in [0.1, 0.15) is 0 Å². The van der Waals surface area contributed by atoms with Gasteiger partial charge in [0, 0.05) is 18.8 Å². The largest absolute Gasteiger partial charge is 0.341 e. The molecule has 4 heteroatoms. The van der Waals surface area contributed by atoms with Gasteiger partial charge in [0.05, 0.1) is 6.54 Å². The lowest BCUT2D eigenvalue weighted by Crippen LogP contribution is -2.36. The Hall–Kier alpha value is -0.220. The first-order chi connectivity index (χ1) is 5.84. The molecular formula is C8H16N2OS. The van der Waals surface area contributed by atoms with Gasteiger partial charge in [0.25, 0.3) is 0 Å². The third-order valence-corrected chi connectivity index (χ3v) is 2.57. The molecule has 3 nitrogen and oxygen atoms in total. The van der Waals surface area contributed by atoms with Crippen molar-refractivity contribution >= 4 is 17.7 Å². The number of thioether (sulfide) groups is 1. The molecular weight excluding hydrogens is 172 g/mol. The number of nitrogens with zero attached hydrogens (tertiary/aromatic N) is 1. The van der Waals surface area contributed by atoms with Crippen molar-refractivity contribution in [1.82, 2.24) is 10.2 Å². The van der Waals surface area contributed by atoms with Crippen molar-refractivity contribution in [3.8, 4) is 0 Å². The van der Waals surface area contributed by atoms with Crippen LogP contribution in [0.25, 0.3) is 0 Å². The summed E-state index contributed by atoms with van der Waals surface area (Å²) in [4.78, 5) is 13.3. The summed E-state index contributed by atoms with van der Waals surface area (Å²) in [7, 11) is 0. The average Bonchev–Trinajstić information content (AvgIpc) is 2.27. The minimum Gasteiger partial charge on any atom is -0.341 e. The molecule has 1 N–H and O–H groups in total. The first kappa shape index (κ1) is 9.86. The van der Waals surface area contributed by atoms with E-state index in [9.17, 15) is 4.79 Å². The molecule has 1 heterocycles. The van der Waals surface area contributed by atoms with Gasteiger partial charge in [0.2, 0.25) is 5.91 Å². The summed E-state index contributed by atoms with van der Waals surface area (Å²) in [5.41, 5.74) is 0. The summed E-state index contributed by atoms with van der Waals surface area (Å²) in [5, 5.41) is 3.11. The molecule has 0 aliphatic carbocycles. The Morgan fingerprint density at radius 1 is 1.67 bits per heavy atom. The number of hydrogen-bond acceptors (Lipinski definition) is 3. The van der Waals surface area contributed by atoms with E-state index in [1.807, 2.05) is 4.90 Å². The van der Waals surface area contributed by atoms with Crippen molar-refractivity contribution in [1.29, 1.82) is 0 Å². The lowest BCUT2D eigenvalue weighted by molar-refractivity contribution is -0.129. The molecule has 1 saturated heterocycles. The molecule has 1 amide bonds. The molecule has 0 aromatic carbocycles. The first-order valence-electron chi connectivity index (χ1n) is 4.32. The molecule has 70 valence electrons. The number of carbonyl (C=O) groups excluding carboxylic acids is 1. The van der Waals surface area contributed by atoms with E-state index >= 15 is 0 Å². The number of nitrogens with one attached hydrogen (secondary N) is 1. The van der Waals surface area contributed by atoms with E-state index in [0.717, 1.165) is 31.8 Å². The lowest BCUT2D eigenvalue weighted by atomic mass is 10.4. The van der Waals surface area contributed by atoms with Gasteiger partial charge in [-0.15, -0.1) is 0 Å². The van der Waals surface area contributed by atoms with Crippen LogP contribution in [-0.4, -0.2) is 49.0 Å². The maximum Gasteiger partial charge on any atom is 0.236 e. The summed E-state index contributed by atoms with van der Waals surface area (Å²) in [5.74, 6) is 1.30. The van der Waals surface area contributed by atoms with Crippen molar-refractivity contribution in [2.45, 2.75) is 6.42 Å². The molecule has 12 heavy (non-hydrogen) atoms. The van der Waals surface area contributed by atoms with Crippen LogP contribution in [0.4, 0.5) is 0 Å². The van der Waals surface area contributed by atoms with Gasteiger partial charge in [-0.1, -0.05) is 0 Å². The van der Waals surface area contributed by atoms with Crippen molar-refractivity contribution in [3.05, 3.63) is 0 Å².